The molecule has 4 bridgehead atoms. The zero-order valence-electron chi connectivity index (χ0n) is 15.1. The molecule has 0 aromatic heterocycles. The molecule has 1 unspecified atom stereocenters. The summed E-state index contributed by atoms with van der Waals surface area (Å²) in [7, 11) is 2.94. The molecule has 0 spiro atoms. The predicted molar refractivity (Wildman–Crippen MR) is 100 cm³/mol. The van der Waals surface area contributed by atoms with E-state index in [9.17, 15) is 10.2 Å². The number of methoxy groups -OCH3 is 2. The smallest absolute Gasteiger partial charge is 0.207 e. The van der Waals surface area contributed by atoms with E-state index in [1.807, 2.05) is 24.3 Å². The van der Waals surface area contributed by atoms with Crippen LogP contribution in [0.25, 0.3) is 6.08 Å². The first-order chi connectivity index (χ1) is 12.6. The van der Waals surface area contributed by atoms with Crippen LogP contribution in [0.2, 0.25) is 0 Å². The fraction of sp³-hybridized carbons (Fsp3) is 0.333. The van der Waals surface area contributed by atoms with E-state index in [-0.39, 0.29) is 17.2 Å². The summed E-state index contributed by atoms with van der Waals surface area (Å²) < 4.78 is 16.6. The van der Waals surface area contributed by atoms with Crippen molar-refractivity contribution in [2.24, 2.45) is 0 Å². The Hall–Kier alpha value is -2.66. The molecular formula is C21H24O5. The second kappa shape index (κ2) is 8.15. The standard InChI is InChI=1S/C21H24O5/c1-24-20-15-9-10-16(22)6-4-3-5-14-7-11-17(12-8-14)26-18(13-15)21(25-2)19(20)23/h7-13,16,22-23H,3-6H2,1-2H3. The summed E-state index contributed by atoms with van der Waals surface area (Å²) in [5.41, 5.74) is 1.83. The van der Waals surface area contributed by atoms with Gasteiger partial charge in [-0.15, -0.1) is 0 Å². The Kier molecular flexibility index (Phi) is 5.68. The SMILES string of the molecule is COc1c2cc(c(OC)c1O)Oc1ccc(cc1)CCCCC(O)C=C2. The average Bonchev–Trinajstić information content (AvgIpc) is 2.65. The zero-order chi connectivity index (χ0) is 18.5. The van der Waals surface area contributed by atoms with Gasteiger partial charge in [-0.3, -0.25) is 0 Å². The van der Waals surface area contributed by atoms with Crippen LogP contribution in [0.3, 0.4) is 0 Å². The van der Waals surface area contributed by atoms with Gasteiger partial charge in [0.1, 0.15) is 5.75 Å². The molecule has 0 saturated heterocycles. The van der Waals surface area contributed by atoms with Crippen LogP contribution in [-0.2, 0) is 6.42 Å². The van der Waals surface area contributed by atoms with E-state index in [0.717, 1.165) is 19.3 Å². The number of hydrogen-bond donors (Lipinski definition) is 2. The van der Waals surface area contributed by atoms with Crippen molar-refractivity contribution in [3.8, 4) is 28.7 Å². The van der Waals surface area contributed by atoms with Gasteiger partial charge in [0.2, 0.25) is 11.5 Å². The number of aliphatic hydroxyl groups excluding tert-OH is 1. The molecule has 138 valence electrons. The molecule has 2 aliphatic rings. The highest BCUT2D eigenvalue weighted by atomic mass is 16.5. The summed E-state index contributed by atoms with van der Waals surface area (Å²) in [6.45, 7) is 0. The first kappa shape index (κ1) is 18.1. The molecule has 4 rings (SSSR count). The van der Waals surface area contributed by atoms with Crippen LogP contribution in [0, 0.1) is 0 Å². The molecule has 1 atom stereocenters. The Morgan fingerprint density at radius 3 is 2.46 bits per heavy atom. The number of ether oxygens (including phenoxy) is 3. The summed E-state index contributed by atoms with van der Waals surface area (Å²) in [5.74, 6) is 1.37. The Morgan fingerprint density at radius 2 is 1.77 bits per heavy atom. The normalized spacial score (nSPS) is 17.1. The Labute approximate surface area is 153 Å². The lowest BCUT2D eigenvalue weighted by Crippen LogP contribution is -2.02. The molecule has 0 fully saturated rings. The first-order valence-electron chi connectivity index (χ1n) is 8.73. The maximum atomic E-state index is 10.5. The fourth-order valence-electron chi connectivity index (χ4n) is 3.08. The summed E-state index contributed by atoms with van der Waals surface area (Å²) >= 11 is 0. The van der Waals surface area contributed by atoms with Crippen molar-refractivity contribution < 1.29 is 24.4 Å². The Morgan fingerprint density at radius 1 is 1.04 bits per heavy atom. The van der Waals surface area contributed by atoms with Crippen LogP contribution in [-0.4, -0.2) is 30.5 Å². The van der Waals surface area contributed by atoms with E-state index in [4.69, 9.17) is 14.2 Å². The minimum Gasteiger partial charge on any atom is -0.502 e. The van der Waals surface area contributed by atoms with E-state index in [2.05, 4.69) is 0 Å². The van der Waals surface area contributed by atoms with Gasteiger partial charge in [0.05, 0.1) is 20.3 Å². The lowest BCUT2D eigenvalue weighted by molar-refractivity contribution is 0.209. The van der Waals surface area contributed by atoms with Crippen LogP contribution >= 0.6 is 0 Å². The summed E-state index contributed by atoms with van der Waals surface area (Å²) in [6.07, 6.45) is 6.47. The van der Waals surface area contributed by atoms with Gasteiger partial charge in [-0.05, 0) is 43.0 Å². The van der Waals surface area contributed by atoms with Gasteiger partial charge in [-0.1, -0.05) is 30.7 Å². The maximum absolute atomic E-state index is 10.5. The second-order valence-corrected chi connectivity index (χ2v) is 6.30. The number of aliphatic hydroxyl groups is 1. The van der Waals surface area contributed by atoms with E-state index >= 15 is 0 Å². The van der Waals surface area contributed by atoms with Crippen molar-refractivity contribution in [3.63, 3.8) is 0 Å². The highest BCUT2D eigenvalue weighted by molar-refractivity contribution is 5.71. The average molecular weight is 356 g/mol. The van der Waals surface area contributed by atoms with Gasteiger partial charge < -0.3 is 24.4 Å². The van der Waals surface area contributed by atoms with E-state index < -0.39 is 6.10 Å². The van der Waals surface area contributed by atoms with Gasteiger partial charge in [-0.2, -0.15) is 0 Å². The molecule has 2 N–H and O–H groups in total. The molecule has 26 heavy (non-hydrogen) atoms. The highest BCUT2D eigenvalue weighted by Crippen LogP contribution is 2.47. The number of fused-ring (bicyclic) bond motifs is 7. The monoisotopic (exact) mass is 356 g/mol. The van der Waals surface area contributed by atoms with Gasteiger partial charge >= 0.3 is 0 Å². The molecule has 2 heterocycles. The van der Waals surface area contributed by atoms with E-state index in [1.54, 1.807) is 18.2 Å². The fourth-order valence-corrected chi connectivity index (χ4v) is 3.08. The number of aromatic hydroxyl groups is 1. The van der Waals surface area contributed by atoms with Crippen molar-refractivity contribution in [2.45, 2.75) is 31.8 Å². The Bertz CT molecular complexity index is 780. The van der Waals surface area contributed by atoms with Crippen molar-refractivity contribution in [2.75, 3.05) is 14.2 Å². The van der Waals surface area contributed by atoms with Gasteiger partial charge in [0, 0.05) is 5.56 Å². The van der Waals surface area contributed by atoms with Crippen LogP contribution in [0.4, 0.5) is 0 Å². The van der Waals surface area contributed by atoms with E-state index in [1.165, 1.54) is 19.8 Å². The minimum atomic E-state index is -0.555. The van der Waals surface area contributed by atoms with Crippen LogP contribution < -0.4 is 14.2 Å². The molecule has 2 aromatic rings. The third kappa shape index (κ3) is 3.94. The molecule has 0 amide bonds. The van der Waals surface area contributed by atoms with Crippen molar-refractivity contribution in [3.05, 3.63) is 47.5 Å². The molecule has 5 heteroatoms. The molecule has 0 saturated carbocycles. The van der Waals surface area contributed by atoms with Crippen LogP contribution in [0.15, 0.2) is 36.4 Å². The second-order valence-electron chi connectivity index (χ2n) is 6.30. The predicted octanol–water partition coefficient (Wildman–Crippen LogP) is 4.30. The molecule has 2 aliphatic heterocycles. The highest BCUT2D eigenvalue weighted by Gasteiger charge is 2.20. The van der Waals surface area contributed by atoms with Crippen molar-refractivity contribution in [1.29, 1.82) is 0 Å². The molecule has 2 aromatic carbocycles. The summed E-state index contributed by atoms with van der Waals surface area (Å²) in [6, 6.07) is 9.59. The summed E-state index contributed by atoms with van der Waals surface area (Å²) in [4.78, 5) is 0. The van der Waals surface area contributed by atoms with Gasteiger partial charge in [-0.25, -0.2) is 0 Å². The van der Waals surface area contributed by atoms with Gasteiger partial charge in [0.25, 0.3) is 0 Å². The third-order valence-electron chi connectivity index (χ3n) is 4.48. The quantitative estimate of drug-likeness (QED) is 0.840. The number of phenols is 1. The lowest BCUT2D eigenvalue weighted by atomic mass is 10.0. The summed E-state index contributed by atoms with van der Waals surface area (Å²) in [5, 5.41) is 20.7. The first-order valence-corrected chi connectivity index (χ1v) is 8.73. The minimum absolute atomic E-state index is 0.137. The van der Waals surface area contributed by atoms with Crippen molar-refractivity contribution in [1.82, 2.24) is 0 Å². The zero-order valence-corrected chi connectivity index (χ0v) is 15.1. The number of aryl methyl sites for hydroxylation is 1. The maximum Gasteiger partial charge on any atom is 0.207 e. The molecule has 0 radical (unpaired) electrons. The topological polar surface area (TPSA) is 68.2 Å². The molecular weight excluding hydrogens is 332 g/mol. The molecule has 5 nitrogen and oxygen atoms in total. The van der Waals surface area contributed by atoms with Crippen LogP contribution in [0.1, 0.15) is 30.4 Å². The number of rotatable bonds is 2. The number of phenolic OH excluding ortho intramolecular Hbond substituents is 1. The number of hydrogen-bond acceptors (Lipinski definition) is 5. The van der Waals surface area contributed by atoms with Crippen LogP contribution in [0.5, 0.6) is 28.7 Å². The largest absolute Gasteiger partial charge is 0.502 e. The lowest BCUT2D eigenvalue weighted by Gasteiger charge is -2.16. The van der Waals surface area contributed by atoms with Crippen molar-refractivity contribution >= 4 is 6.08 Å². The molecule has 0 aliphatic carbocycles. The number of benzene rings is 2. The van der Waals surface area contributed by atoms with E-state index in [0.29, 0.717) is 23.5 Å². The van der Waals surface area contributed by atoms with Gasteiger partial charge in [0.15, 0.2) is 11.5 Å². The Balaban J connectivity index is 2.10. The third-order valence-corrected chi connectivity index (χ3v) is 4.48.